The van der Waals surface area contributed by atoms with Gasteiger partial charge in [-0.05, 0) is 19.8 Å². The van der Waals surface area contributed by atoms with Crippen LogP contribution < -0.4 is 11.1 Å². The molecule has 5 heteroatoms. The minimum atomic E-state index is -0.0655. The van der Waals surface area contributed by atoms with E-state index in [1.54, 1.807) is 10.9 Å². The molecule has 3 N–H and O–H groups in total. The molecule has 15 heavy (non-hydrogen) atoms. The van der Waals surface area contributed by atoms with Crippen LogP contribution in [0, 0.1) is 0 Å². The number of nitrogen functional groups attached to an aromatic ring is 1. The van der Waals surface area contributed by atoms with Gasteiger partial charge < -0.3 is 15.8 Å². The van der Waals surface area contributed by atoms with Crippen molar-refractivity contribution in [3.05, 3.63) is 6.20 Å². The van der Waals surface area contributed by atoms with Gasteiger partial charge in [-0.1, -0.05) is 0 Å². The van der Waals surface area contributed by atoms with Crippen molar-refractivity contribution >= 4 is 11.5 Å². The van der Waals surface area contributed by atoms with Crippen molar-refractivity contribution in [3.8, 4) is 0 Å². The summed E-state index contributed by atoms with van der Waals surface area (Å²) in [5.41, 5.74) is 6.40. The lowest BCUT2D eigenvalue weighted by molar-refractivity contribution is 0.0315. The number of aryl methyl sites for hydroxylation is 1. The van der Waals surface area contributed by atoms with E-state index in [0.29, 0.717) is 5.69 Å². The van der Waals surface area contributed by atoms with Crippen LogP contribution >= 0.6 is 0 Å². The van der Waals surface area contributed by atoms with Gasteiger partial charge in [0.25, 0.3) is 0 Å². The Morgan fingerprint density at radius 3 is 3.07 bits per heavy atom. The molecule has 2 heterocycles. The number of ether oxygens (including phenoxy) is 1. The number of hydrogen-bond donors (Lipinski definition) is 2. The van der Waals surface area contributed by atoms with E-state index < -0.39 is 0 Å². The standard InChI is InChI=1S/C10H18N4O/c1-10(4-3-5-15-10)7-12-9-8(11)6-14(2)13-9/h6H,3-5,7,11H2,1-2H3,(H,12,13). The highest BCUT2D eigenvalue weighted by Gasteiger charge is 2.29. The maximum Gasteiger partial charge on any atom is 0.171 e. The molecule has 0 radical (unpaired) electrons. The van der Waals surface area contributed by atoms with E-state index in [1.165, 1.54) is 0 Å². The Morgan fingerprint density at radius 1 is 1.73 bits per heavy atom. The fourth-order valence-corrected chi connectivity index (χ4v) is 1.89. The smallest absolute Gasteiger partial charge is 0.171 e. The summed E-state index contributed by atoms with van der Waals surface area (Å²) in [6, 6.07) is 0. The molecular weight excluding hydrogens is 192 g/mol. The van der Waals surface area contributed by atoms with E-state index >= 15 is 0 Å². The average Bonchev–Trinajstić information content (AvgIpc) is 2.71. The van der Waals surface area contributed by atoms with Crippen molar-refractivity contribution in [1.82, 2.24) is 9.78 Å². The number of nitrogens with zero attached hydrogens (tertiary/aromatic N) is 2. The van der Waals surface area contributed by atoms with Crippen molar-refractivity contribution in [1.29, 1.82) is 0 Å². The second-order valence-electron chi connectivity index (χ2n) is 4.36. The van der Waals surface area contributed by atoms with E-state index in [0.717, 1.165) is 31.8 Å². The molecule has 0 aliphatic carbocycles. The third kappa shape index (κ3) is 2.23. The number of aromatic nitrogens is 2. The Hall–Kier alpha value is -1.23. The molecule has 1 aliphatic heterocycles. The van der Waals surface area contributed by atoms with E-state index in [4.69, 9.17) is 10.5 Å². The molecule has 2 rings (SSSR count). The van der Waals surface area contributed by atoms with E-state index in [-0.39, 0.29) is 5.60 Å². The lowest BCUT2D eigenvalue weighted by atomic mass is 10.0. The largest absolute Gasteiger partial charge is 0.394 e. The van der Waals surface area contributed by atoms with Gasteiger partial charge in [0.2, 0.25) is 0 Å². The zero-order valence-electron chi connectivity index (χ0n) is 9.29. The van der Waals surface area contributed by atoms with Gasteiger partial charge in [0.1, 0.15) is 0 Å². The van der Waals surface area contributed by atoms with E-state index in [1.807, 2.05) is 7.05 Å². The number of nitrogens with two attached hydrogens (primary N) is 1. The summed E-state index contributed by atoms with van der Waals surface area (Å²) in [5.74, 6) is 0.745. The zero-order valence-corrected chi connectivity index (χ0v) is 9.29. The van der Waals surface area contributed by atoms with Crippen molar-refractivity contribution in [2.75, 3.05) is 24.2 Å². The van der Waals surface area contributed by atoms with Crippen molar-refractivity contribution in [2.24, 2.45) is 7.05 Å². The van der Waals surface area contributed by atoms with Crippen LogP contribution in [0.1, 0.15) is 19.8 Å². The molecule has 0 bridgehead atoms. The van der Waals surface area contributed by atoms with Crippen LogP contribution in [0.3, 0.4) is 0 Å². The van der Waals surface area contributed by atoms with E-state index in [2.05, 4.69) is 17.3 Å². The van der Waals surface area contributed by atoms with Crippen LogP contribution in [-0.2, 0) is 11.8 Å². The first-order valence-electron chi connectivity index (χ1n) is 5.26. The number of rotatable bonds is 3. The Balaban J connectivity index is 1.95. The molecule has 1 unspecified atom stereocenters. The molecule has 84 valence electrons. The molecule has 1 aliphatic rings. The van der Waals surface area contributed by atoms with Gasteiger partial charge in [0.05, 0.1) is 11.3 Å². The Kier molecular flexibility index (Phi) is 2.56. The molecule has 1 aromatic heterocycles. The number of anilines is 2. The molecule has 0 aromatic carbocycles. The fourth-order valence-electron chi connectivity index (χ4n) is 1.89. The SMILES string of the molecule is Cn1cc(N)c(NCC2(C)CCCO2)n1. The Morgan fingerprint density at radius 2 is 2.53 bits per heavy atom. The average molecular weight is 210 g/mol. The molecule has 0 spiro atoms. The van der Waals surface area contributed by atoms with Gasteiger partial charge in [-0.3, -0.25) is 4.68 Å². The maximum atomic E-state index is 5.78. The summed E-state index contributed by atoms with van der Waals surface area (Å²) in [6.07, 6.45) is 4.02. The zero-order chi connectivity index (χ0) is 10.9. The first kappa shape index (κ1) is 10.3. The topological polar surface area (TPSA) is 65.1 Å². The molecule has 1 saturated heterocycles. The van der Waals surface area contributed by atoms with Crippen LogP contribution in [0.2, 0.25) is 0 Å². The predicted octanol–water partition coefficient (Wildman–Crippen LogP) is 0.983. The van der Waals surface area contributed by atoms with Crippen molar-refractivity contribution in [3.63, 3.8) is 0 Å². The lowest BCUT2D eigenvalue weighted by Gasteiger charge is -2.23. The molecule has 1 aromatic rings. The van der Waals surface area contributed by atoms with Crippen LogP contribution in [0.5, 0.6) is 0 Å². The minimum Gasteiger partial charge on any atom is -0.394 e. The van der Waals surface area contributed by atoms with Gasteiger partial charge in [0.15, 0.2) is 5.82 Å². The molecule has 0 amide bonds. The maximum absolute atomic E-state index is 5.78. The third-order valence-corrected chi connectivity index (χ3v) is 2.79. The monoisotopic (exact) mass is 210 g/mol. The van der Waals surface area contributed by atoms with Crippen molar-refractivity contribution < 1.29 is 4.74 Å². The second-order valence-corrected chi connectivity index (χ2v) is 4.36. The Bertz CT molecular complexity index is 341. The molecule has 5 nitrogen and oxygen atoms in total. The molecular formula is C10H18N4O. The first-order valence-corrected chi connectivity index (χ1v) is 5.26. The van der Waals surface area contributed by atoms with Crippen molar-refractivity contribution in [2.45, 2.75) is 25.4 Å². The normalized spacial score (nSPS) is 25.7. The predicted molar refractivity (Wildman–Crippen MR) is 59.7 cm³/mol. The highest BCUT2D eigenvalue weighted by atomic mass is 16.5. The molecule has 1 fully saturated rings. The highest BCUT2D eigenvalue weighted by molar-refractivity contribution is 5.59. The van der Waals surface area contributed by atoms with Gasteiger partial charge in [0, 0.05) is 26.4 Å². The quantitative estimate of drug-likeness (QED) is 0.780. The highest BCUT2D eigenvalue weighted by Crippen LogP contribution is 2.26. The molecule has 0 saturated carbocycles. The number of nitrogens with one attached hydrogen (secondary N) is 1. The summed E-state index contributed by atoms with van der Waals surface area (Å²) in [7, 11) is 1.86. The third-order valence-electron chi connectivity index (χ3n) is 2.79. The van der Waals surface area contributed by atoms with Crippen LogP contribution in [-0.4, -0.2) is 28.5 Å². The van der Waals surface area contributed by atoms with Crippen LogP contribution in [0.25, 0.3) is 0 Å². The first-order chi connectivity index (χ1) is 7.09. The van der Waals surface area contributed by atoms with Gasteiger partial charge >= 0.3 is 0 Å². The second kappa shape index (κ2) is 3.73. The summed E-state index contributed by atoms with van der Waals surface area (Å²) in [6.45, 7) is 3.73. The summed E-state index contributed by atoms with van der Waals surface area (Å²) < 4.78 is 7.37. The Labute approximate surface area is 89.6 Å². The molecule has 1 atom stereocenters. The number of hydrogen-bond acceptors (Lipinski definition) is 4. The summed E-state index contributed by atoms with van der Waals surface area (Å²) in [4.78, 5) is 0. The summed E-state index contributed by atoms with van der Waals surface area (Å²) in [5, 5.41) is 7.46. The lowest BCUT2D eigenvalue weighted by Crippen LogP contribution is -2.32. The van der Waals surface area contributed by atoms with E-state index in [9.17, 15) is 0 Å². The van der Waals surface area contributed by atoms with Gasteiger partial charge in [-0.2, -0.15) is 5.10 Å². The van der Waals surface area contributed by atoms with Crippen LogP contribution in [0.15, 0.2) is 6.20 Å². The van der Waals surface area contributed by atoms with Crippen LogP contribution in [0.4, 0.5) is 11.5 Å². The summed E-state index contributed by atoms with van der Waals surface area (Å²) >= 11 is 0. The fraction of sp³-hybridized carbons (Fsp3) is 0.700. The van der Waals surface area contributed by atoms with Gasteiger partial charge in [-0.25, -0.2) is 0 Å². The minimum absolute atomic E-state index is 0.0655. The van der Waals surface area contributed by atoms with Gasteiger partial charge in [-0.15, -0.1) is 0 Å².